The minimum atomic E-state index is 0.833. The highest BCUT2D eigenvalue weighted by Gasteiger charge is 2.13. The Morgan fingerprint density at radius 2 is 2.33 bits per heavy atom. The lowest BCUT2D eigenvalue weighted by Gasteiger charge is -2.22. The molecular weight excluding hydrogens is 250 g/mol. The van der Waals surface area contributed by atoms with Crippen molar-refractivity contribution in [2.45, 2.75) is 26.2 Å². The molecule has 0 bridgehead atoms. The molecule has 1 aliphatic rings. The summed E-state index contributed by atoms with van der Waals surface area (Å²) in [5.41, 5.74) is 2.82. The fourth-order valence-electron chi connectivity index (χ4n) is 2.27. The van der Waals surface area contributed by atoms with E-state index in [1.807, 2.05) is 0 Å². The number of aryl methyl sites for hydroxylation is 1. The van der Waals surface area contributed by atoms with Crippen LogP contribution in [0.4, 0.5) is 0 Å². The van der Waals surface area contributed by atoms with Crippen molar-refractivity contribution >= 4 is 15.9 Å². The molecule has 1 saturated heterocycles. The van der Waals surface area contributed by atoms with Crippen molar-refractivity contribution in [3.8, 4) is 0 Å². The summed E-state index contributed by atoms with van der Waals surface area (Å²) in [5, 5.41) is 3.47. The van der Waals surface area contributed by atoms with Crippen molar-refractivity contribution in [1.29, 1.82) is 0 Å². The van der Waals surface area contributed by atoms with Gasteiger partial charge in [-0.1, -0.05) is 28.1 Å². The van der Waals surface area contributed by atoms with Gasteiger partial charge in [-0.2, -0.15) is 0 Å². The molecule has 1 nitrogen and oxygen atoms in total. The zero-order chi connectivity index (χ0) is 10.7. The van der Waals surface area contributed by atoms with Gasteiger partial charge in [-0.05, 0) is 62.4 Å². The molecule has 0 saturated carbocycles. The topological polar surface area (TPSA) is 12.0 Å². The Hall–Kier alpha value is -0.340. The van der Waals surface area contributed by atoms with Crippen LogP contribution in [0.5, 0.6) is 0 Å². The van der Waals surface area contributed by atoms with E-state index in [9.17, 15) is 0 Å². The molecular formula is C13H18BrN. The number of rotatable bonds is 2. The largest absolute Gasteiger partial charge is 0.316 e. The maximum Gasteiger partial charge on any atom is 0.0204 e. The van der Waals surface area contributed by atoms with Gasteiger partial charge in [0.2, 0.25) is 0 Å². The summed E-state index contributed by atoms with van der Waals surface area (Å²) in [5.74, 6) is 0.833. The Kier molecular flexibility index (Phi) is 3.81. The van der Waals surface area contributed by atoms with Gasteiger partial charge in [-0.3, -0.25) is 0 Å². The van der Waals surface area contributed by atoms with E-state index in [-0.39, 0.29) is 0 Å². The molecule has 1 heterocycles. The fraction of sp³-hybridized carbons (Fsp3) is 0.538. The van der Waals surface area contributed by atoms with Gasteiger partial charge in [-0.25, -0.2) is 0 Å². The van der Waals surface area contributed by atoms with E-state index < -0.39 is 0 Å². The van der Waals surface area contributed by atoms with Crippen LogP contribution in [0.1, 0.15) is 24.0 Å². The molecule has 82 valence electrons. The Morgan fingerprint density at radius 3 is 3.00 bits per heavy atom. The highest BCUT2D eigenvalue weighted by molar-refractivity contribution is 9.10. The standard InChI is InChI=1S/C13H18BrN/c1-10-7-11(4-5-13(10)14)8-12-3-2-6-15-9-12/h4-5,7,12,15H,2-3,6,8-9H2,1H3. The number of benzene rings is 1. The van der Waals surface area contributed by atoms with Gasteiger partial charge in [0.15, 0.2) is 0 Å². The molecule has 1 N–H and O–H groups in total. The van der Waals surface area contributed by atoms with E-state index in [4.69, 9.17) is 0 Å². The maximum absolute atomic E-state index is 3.54. The monoisotopic (exact) mass is 267 g/mol. The Bertz CT molecular complexity index is 329. The molecule has 1 aromatic carbocycles. The summed E-state index contributed by atoms with van der Waals surface area (Å²) < 4.78 is 1.22. The summed E-state index contributed by atoms with van der Waals surface area (Å²) in [7, 11) is 0. The quantitative estimate of drug-likeness (QED) is 0.867. The molecule has 1 aromatic rings. The second-order valence-corrected chi connectivity index (χ2v) is 5.35. The van der Waals surface area contributed by atoms with E-state index in [1.165, 1.54) is 48.0 Å². The molecule has 2 rings (SSSR count). The van der Waals surface area contributed by atoms with E-state index in [2.05, 4.69) is 46.4 Å². The van der Waals surface area contributed by atoms with Crippen LogP contribution >= 0.6 is 15.9 Å². The average Bonchev–Trinajstić information content (AvgIpc) is 2.25. The van der Waals surface area contributed by atoms with Crippen LogP contribution in [-0.4, -0.2) is 13.1 Å². The normalized spacial score (nSPS) is 21.6. The SMILES string of the molecule is Cc1cc(CC2CCCNC2)ccc1Br. The van der Waals surface area contributed by atoms with Gasteiger partial charge < -0.3 is 5.32 Å². The van der Waals surface area contributed by atoms with Crippen molar-refractivity contribution in [2.24, 2.45) is 5.92 Å². The molecule has 2 heteroatoms. The van der Waals surface area contributed by atoms with Crippen molar-refractivity contribution in [2.75, 3.05) is 13.1 Å². The summed E-state index contributed by atoms with van der Waals surface area (Å²) in [6, 6.07) is 6.71. The van der Waals surface area contributed by atoms with E-state index in [0.29, 0.717) is 0 Å². The zero-order valence-electron chi connectivity index (χ0n) is 9.22. The number of nitrogens with one attached hydrogen (secondary N) is 1. The van der Waals surface area contributed by atoms with Gasteiger partial charge in [0.25, 0.3) is 0 Å². The van der Waals surface area contributed by atoms with Crippen molar-refractivity contribution in [1.82, 2.24) is 5.32 Å². The highest BCUT2D eigenvalue weighted by atomic mass is 79.9. The van der Waals surface area contributed by atoms with Crippen molar-refractivity contribution in [3.63, 3.8) is 0 Å². The Balaban J connectivity index is 2.00. The predicted octanol–water partition coefficient (Wildman–Crippen LogP) is 3.30. The molecule has 0 spiro atoms. The van der Waals surface area contributed by atoms with Crippen LogP contribution in [0.25, 0.3) is 0 Å². The number of hydrogen-bond donors (Lipinski definition) is 1. The van der Waals surface area contributed by atoms with Gasteiger partial charge in [0, 0.05) is 4.47 Å². The molecule has 1 aliphatic heterocycles. The predicted molar refractivity (Wildman–Crippen MR) is 68.2 cm³/mol. The third-order valence-corrected chi connectivity index (χ3v) is 4.04. The van der Waals surface area contributed by atoms with Crippen LogP contribution in [0.15, 0.2) is 22.7 Å². The van der Waals surface area contributed by atoms with Gasteiger partial charge in [0.05, 0.1) is 0 Å². The summed E-state index contributed by atoms with van der Waals surface area (Å²) in [4.78, 5) is 0. The first kappa shape index (κ1) is 11.2. The molecule has 1 fully saturated rings. The lowest BCUT2D eigenvalue weighted by atomic mass is 9.92. The lowest BCUT2D eigenvalue weighted by Crippen LogP contribution is -2.30. The van der Waals surface area contributed by atoms with Gasteiger partial charge >= 0.3 is 0 Å². The summed E-state index contributed by atoms with van der Waals surface area (Å²) >= 11 is 3.54. The molecule has 0 radical (unpaired) electrons. The molecule has 15 heavy (non-hydrogen) atoms. The Morgan fingerprint density at radius 1 is 1.47 bits per heavy atom. The molecule has 1 atom stereocenters. The summed E-state index contributed by atoms with van der Waals surface area (Å²) in [6.07, 6.45) is 3.93. The minimum absolute atomic E-state index is 0.833. The molecule has 0 amide bonds. The van der Waals surface area contributed by atoms with Crippen LogP contribution in [0.3, 0.4) is 0 Å². The third-order valence-electron chi connectivity index (χ3n) is 3.15. The molecule has 1 unspecified atom stereocenters. The first-order valence-corrected chi connectivity index (χ1v) is 6.51. The van der Waals surface area contributed by atoms with E-state index in [1.54, 1.807) is 0 Å². The fourth-order valence-corrected chi connectivity index (χ4v) is 2.51. The molecule has 0 aliphatic carbocycles. The number of hydrogen-bond acceptors (Lipinski definition) is 1. The van der Waals surface area contributed by atoms with Gasteiger partial charge in [-0.15, -0.1) is 0 Å². The average molecular weight is 268 g/mol. The second-order valence-electron chi connectivity index (χ2n) is 4.50. The van der Waals surface area contributed by atoms with Crippen LogP contribution in [0.2, 0.25) is 0 Å². The zero-order valence-corrected chi connectivity index (χ0v) is 10.8. The lowest BCUT2D eigenvalue weighted by molar-refractivity contribution is 0.376. The number of halogens is 1. The van der Waals surface area contributed by atoms with Crippen molar-refractivity contribution in [3.05, 3.63) is 33.8 Å². The van der Waals surface area contributed by atoms with Crippen LogP contribution < -0.4 is 5.32 Å². The van der Waals surface area contributed by atoms with Crippen LogP contribution in [-0.2, 0) is 6.42 Å². The number of piperidine rings is 1. The Labute approximate surface area is 100 Å². The third kappa shape index (κ3) is 3.05. The van der Waals surface area contributed by atoms with E-state index >= 15 is 0 Å². The maximum atomic E-state index is 3.54. The smallest absolute Gasteiger partial charge is 0.0204 e. The first-order valence-electron chi connectivity index (χ1n) is 5.71. The minimum Gasteiger partial charge on any atom is -0.316 e. The van der Waals surface area contributed by atoms with Crippen LogP contribution in [0, 0.1) is 12.8 Å². The van der Waals surface area contributed by atoms with Crippen molar-refractivity contribution < 1.29 is 0 Å². The van der Waals surface area contributed by atoms with E-state index in [0.717, 1.165) is 5.92 Å². The highest BCUT2D eigenvalue weighted by Crippen LogP contribution is 2.21. The first-order chi connectivity index (χ1) is 7.25. The molecule has 0 aromatic heterocycles. The van der Waals surface area contributed by atoms with Gasteiger partial charge in [0.1, 0.15) is 0 Å². The second kappa shape index (κ2) is 5.13. The summed E-state index contributed by atoms with van der Waals surface area (Å²) in [6.45, 7) is 4.55.